The van der Waals surface area contributed by atoms with Gasteiger partial charge >= 0.3 is 5.97 Å². The van der Waals surface area contributed by atoms with Crippen molar-refractivity contribution in [1.82, 2.24) is 4.90 Å². The van der Waals surface area contributed by atoms with Gasteiger partial charge in [-0.25, -0.2) is 0 Å². The molecule has 2 atom stereocenters. The fourth-order valence-electron chi connectivity index (χ4n) is 3.31. The molecule has 1 aromatic carbocycles. The van der Waals surface area contributed by atoms with Crippen LogP contribution in [0.4, 0.5) is 0 Å². The zero-order valence-electron chi connectivity index (χ0n) is 15.2. The van der Waals surface area contributed by atoms with Crippen LogP contribution in [0.1, 0.15) is 49.5 Å². The van der Waals surface area contributed by atoms with E-state index in [0.29, 0.717) is 18.0 Å². The van der Waals surface area contributed by atoms with Crippen molar-refractivity contribution in [2.75, 3.05) is 13.1 Å². The summed E-state index contributed by atoms with van der Waals surface area (Å²) < 4.78 is 0. The minimum atomic E-state index is -0.861. The zero-order chi connectivity index (χ0) is 18.6. The standard InChI is InChI=1S/C20H27NO4/c1-13(2)10-15-4-6-16(7-5-15)18(22)8-9-19(23)21-11-14(3)17(12-21)20(24)25/h4-7,13-14,17H,8-12H2,1-3H3,(H,24,25)/t14-,17-/m1/s1. The van der Waals surface area contributed by atoms with Crippen LogP contribution in [0.5, 0.6) is 0 Å². The minimum Gasteiger partial charge on any atom is -0.481 e. The van der Waals surface area contributed by atoms with E-state index in [4.69, 9.17) is 5.11 Å². The number of ketones is 1. The summed E-state index contributed by atoms with van der Waals surface area (Å²) in [6.07, 6.45) is 1.27. The van der Waals surface area contributed by atoms with Crippen molar-refractivity contribution in [2.24, 2.45) is 17.8 Å². The van der Waals surface area contributed by atoms with Crippen molar-refractivity contribution in [1.29, 1.82) is 0 Å². The van der Waals surface area contributed by atoms with Crippen molar-refractivity contribution < 1.29 is 19.5 Å². The van der Waals surface area contributed by atoms with Gasteiger partial charge in [0.2, 0.25) is 5.91 Å². The number of hydrogen-bond donors (Lipinski definition) is 1. The number of Topliss-reactive ketones (excluding diaryl/α,β-unsaturated/α-hetero) is 1. The molecule has 1 aliphatic rings. The summed E-state index contributed by atoms with van der Waals surface area (Å²) in [7, 11) is 0. The Bertz CT molecular complexity index is 636. The van der Waals surface area contributed by atoms with Gasteiger partial charge in [0, 0.05) is 31.5 Å². The summed E-state index contributed by atoms with van der Waals surface area (Å²) in [6, 6.07) is 7.58. The molecule has 0 spiro atoms. The van der Waals surface area contributed by atoms with Gasteiger partial charge in [0.15, 0.2) is 5.78 Å². The van der Waals surface area contributed by atoms with E-state index in [1.54, 1.807) is 4.90 Å². The molecular weight excluding hydrogens is 318 g/mol. The topological polar surface area (TPSA) is 74.7 Å². The monoisotopic (exact) mass is 345 g/mol. The molecule has 5 heteroatoms. The molecule has 0 aliphatic carbocycles. The van der Waals surface area contributed by atoms with Gasteiger partial charge in [-0.15, -0.1) is 0 Å². The van der Waals surface area contributed by atoms with Crippen LogP contribution in [-0.4, -0.2) is 40.8 Å². The molecule has 25 heavy (non-hydrogen) atoms. The number of amides is 1. The summed E-state index contributed by atoms with van der Waals surface area (Å²) >= 11 is 0. The van der Waals surface area contributed by atoms with Crippen molar-refractivity contribution in [3.05, 3.63) is 35.4 Å². The Morgan fingerprint density at radius 3 is 2.28 bits per heavy atom. The van der Waals surface area contributed by atoms with Crippen LogP contribution in [0.3, 0.4) is 0 Å². The second-order valence-electron chi connectivity index (χ2n) is 7.44. The molecule has 0 aromatic heterocycles. The van der Waals surface area contributed by atoms with Crippen LogP contribution >= 0.6 is 0 Å². The van der Waals surface area contributed by atoms with Gasteiger partial charge in [-0.3, -0.25) is 14.4 Å². The zero-order valence-corrected chi connectivity index (χ0v) is 15.2. The Kier molecular flexibility index (Phi) is 6.34. The summed E-state index contributed by atoms with van der Waals surface area (Å²) in [6.45, 7) is 6.84. The maximum atomic E-state index is 12.3. The highest BCUT2D eigenvalue weighted by atomic mass is 16.4. The Labute approximate surface area is 149 Å². The van der Waals surface area contributed by atoms with Gasteiger partial charge in [-0.1, -0.05) is 45.0 Å². The largest absolute Gasteiger partial charge is 0.481 e. The number of hydrogen-bond acceptors (Lipinski definition) is 3. The fourth-order valence-corrected chi connectivity index (χ4v) is 3.31. The van der Waals surface area contributed by atoms with Crippen molar-refractivity contribution in [3.8, 4) is 0 Å². The van der Waals surface area contributed by atoms with E-state index in [0.717, 1.165) is 6.42 Å². The Morgan fingerprint density at radius 1 is 1.12 bits per heavy atom. The van der Waals surface area contributed by atoms with Gasteiger partial charge in [0.25, 0.3) is 0 Å². The molecule has 1 saturated heterocycles. The van der Waals surface area contributed by atoms with Crippen LogP contribution in [0, 0.1) is 17.8 Å². The molecule has 1 amide bonds. The highest BCUT2D eigenvalue weighted by Gasteiger charge is 2.36. The summed E-state index contributed by atoms with van der Waals surface area (Å²) in [5.74, 6) is -1.04. The van der Waals surface area contributed by atoms with Crippen LogP contribution in [-0.2, 0) is 16.0 Å². The molecule has 5 nitrogen and oxygen atoms in total. The van der Waals surface area contributed by atoms with E-state index < -0.39 is 11.9 Å². The van der Waals surface area contributed by atoms with Gasteiger partial charge in [-0.2, -0.15) is 0 Å². The lowest BCUT2D eigenvalue weighted by atomic mass is 9.99. The van der Waals surface area contributed by atoms with Gasteiger partial charge in [0.1, 0.15) is 0 Å². The molecule has 1 fully saturated rings. The second kappa shape index (κ2) is 8.28. The minimum absolute atomic E-state index is 0.0496. The van der Waals surface area contributed by atoms with Crippen molar-refractivity contribution in [3.63, 3.8) is 0 Å². The van der Waals surface area contributed by atoms with E-state index in [9.17, 15) is 14.4 Å². The summed E-state index contributed by atoms with van der Waals surface area (Å²) in [5.41, 5.74) is 1.83. The first kappa shape index (κ1) is 19.2. The quantitative estimate of drug-likeness (QED) is 0.771. The molecule has 0 radical (unpaired) electrons. The third kappa shape index (κ3) is 5.15. The summed E-state index contributed by atoms with van der Waals surface area (Å²) in [4.78, 5) is 37.2. The number of benzene rings is 1. The SMILES string of the molecule is CC(C)Cc1ccc(C(=O)CCC(=O)N2C[C@@H](C)[C@H](C(=O)O)C2)cc1. The van der Waals surface area contributed by atoms with E-state index in [-0.39, 0.29) is 37.0 Å². The molecule has 1 heterocycles. The Balaban J connectivity index is 1.85. The van der Waals surface area contributed by atoms with E-state index in [1.165, 1.54) is 5.56 Å². The lowest BCUT2D eigenvalue weighted by Gasteiger charge is -2.15. The molecule has 1 aliphatic heterocycles. The van der Waals surface area contributed by atoms with Gasteiger partial charge in [-0.05, 0) is 23.8 Å². The predicted molar refractivity (Wildman–Crippen MR) is 95.4 cm³/mol. The first-order valence-electron chi connectivity index (χ1n) is 8.90. The molecule has 0 unspecified atom stereocenters. The smallest absolute Gasteiger partial charge is 0.308 e. The van der Waals surface area contributed by atoms with Crippen LogP contribution in [0.15, 0.2) is 24.3 Å². The lowest BCUT2D eigenvalue weighted by molar-refractivity contribution is -0.142. The maximum Gasteiger partial charge on any atom is 0.308 e. The van der Waals surface area contributed by atoms with E-state index in [2.05, 4.69) is 13.8 Å². The average Bonchev–Trinajstić information content (AvgIpc) is 2.94. The summed E-state index contributed by atoms with van der Waals surface area (Å²) in [5, 5.41) is 9.13. The Hall–Kier alpha value is -2.17. The highest BCUT2D eigenvalue weighted by molar-refractivity contribution is 5.98. The molecule has 1 aromatic rings. The van der Waals surface area contributed by atoms with Gasteiger partial charge in [0.05, 0.1) is 5.92 Å². The molecule has 2 rings (SSSR count). The number of carboxylic acids is 1. The molecule has 0 saturated carbocycles. The average molecular weight is 345 g/mol. The molecular formula is C20H27NO4. The molecule has 1 N–H and O–H groups in total. The fraction of sp³-hybridized carbons (Fsp3) is 0.550. The van der Waals surface area contributed by atoms with Crippen molar-refractivity contribution in [2.45, 2.75) is 40.0 Å². The van der Waals surface area contributed by atoms with Crippen LogP contribution in [0.2, 0.25) is 0 Å². The third-order valence-electron chi connectivity index (χ3n) is 4.77. The predicted octanol–water partition coefficient (Wildman–Crippen LogP) is 3.03. The second-order valence-corrected chi connectivity index (χ2v) is 7.44. The number of carbonyl (C=O) groups is 3. The number of nitrogens with zero attached hydrogens (tertiary/aromatic N) is 1. The number of likely N-dealkylation sites (tertiary alicyclic amines) is 1. The number of carboxylic acid groups (broad SMARTS) is 1. The normalized spacial score (nSPS) is 20.1. The van der Waals surface area contributed by atoms with E-state index in [1.807, 2.05) is 31.2 Å². The van der Waals surface area contributed by atoms with Crippen LogP contribution < -0.4 is 0 Å². The van der Waals surface area contributed by atoms with Crippen LogP contribution in [0.25, 0.3) is 0 Å². The maximum absolute atomic E-state index is 12.3. The number of carbonyl (C=O) groups excluding carboxylic acids is 2. The molecule has 136 valence electrons. The van der Waals surface area contributed by atoms with Gasteiger partial charge < -0.3 is 10.0 Å². The highest BCUT2D eigenvalue weighted by Crippen LogP contribution is 2.24. The number of rotatable bonds is 7. The first-order valence-corrected chi connectivity index (χ1v) is 8.90. The van der Waals surface area contributed by atoms with E-state index >= 15 is 0 Å². The number of aliphatic carboxylic acids is 1. The lowest BCUT2D eigenvalue weighted by Crippen LogP contribution is -2.30. The first-order chi connectivity index (χ1) is 11.8. The third-order valence-corrected chi connectivity index (χ3v) is 4.77. The van der Waals surface area contributed by atoms with Crippen molar-refractivity contribution >= 4 is 17.7 Å². The Morgan fingerprint density at radius 2 is 1.76 bits per heavy atom. The molecule has 0 bridgehead atoms.